The Morgan fingerprint density at radius 3 is 2.56 bits per heavy atom. The van der Waals surface area contributed by atoms with Crippen LogP contribution in [0.3, 0.4) is 0 Å². The Hall–Kier alpha value is -1.48. The van der Waals surface area contributed by atoms with Crippen LogP contribution in [0, 0.1) is 0 Å². The van der Waals surface area contributed by atoms with Gasteiger partial charge in [0.2, 0.25) is 0 Å². The molecule has 1 amide bonds. The van der Waals surface area contributed by atoms with Gasteiger partial charge in [-0.2, -0.15) is 0 Å². The molecule has 0 saturated carbocycles. The van der Waals surface area contributed by atoms with Gasteiger partial charge in [0.1, 0.15) is 0 Å². The lowest BCUT2D eigenvalue weighted by molar-refractivity contribution is 0.0940. The van der Waals surface area contributed by atoms with Gasteiger partial charge in [0, 0.05) is 17.3 Å². The lowest BCUT2D eigenvalue weighted by atomic mass is 10.1. The highest BCUT2D eigenvalue weighted by Crippen LogP contribution is 2.05. The number of amides is 1. The van der Waals surface area contributed by atoms with Crippen molar-refractivity contribution in [2.24, 2.45) is 0 Å². The summed E-state index contributed by atoms with van der Waals surface area (Å²) in [6.07, 6.45) is 2.55. The molecule has 3 nitrogen and oxygen atoms in total. The molecule has 0 aliphatic heterocycles. The zero-order chi connectivity index (χ0) is 11.3. The number of carbonyl (C=O) groups excluding carboxylic acids is 1. The molecule has 0 aromatic heterocycles. The number of halogens is 1. The molecule has 0 heterocycles. The number of nitrogens with one attached hydrogen (secondary N) is 1. The molecule has 1 aromatic rings. The summed E-state index contributed by atoms with van der Waals surface area (Å²) < 4.78 is 0. The molecule has 16 heavy (non-hydrogen) atoms. The molecule has 88 valence electrons. The monoisotopic (exact) mass is 240 g/mol. The normalized spacial score (nSPS) is 11.1. The Morgan fingerprint density at radius 1 is 1.50 bits per heavy atom. The van der Waals surface area contributed by atoms with Crippen LogP contribution in [-0.2, 0) is 0 Å². The second kappa shape index (κ2) is 6.90. The number of carbonyl (C=O) groups is 1. The topological polar surface area (TPSA) is 55.1 Å². The van der Waals surface area contributed by atoms with Crippen molar-refractivity contribution in [3.05, 3.63) is 42.5 Å². The van der Waals surface area contributed by atoms with Crippen molar-refractivity contribution in [1.82, 2.24) is 5.32 Å². The Bertz CT molecular complexity index is 349. The number of hydrogen-bond acceptors (Lipinski definition) is 2. The highest BCUT2D eigenvalue weighted by Gasteiger charge is 2.07. The summed E-state index contributed by atoms with van der Waals surface area (Å²) in [6, 6.07) is 6.96. The molecule has 1 aromatic carbocycles. The van der Waals surface area contributed by atoms with Gasteiger partial charge < -0.3 is 11.1 Å². The summed E-state index contributed by atoms with van der Waals surface area (Å²) in [6.45, 7) is 5.57. The summed E-state index contributed by atoms with van der Waals surface area (Å²) in [7, 11) is 0. The summed E-state index contributed by atoms with van der Waals surface area (Å²) in [5, 5.41) is 2.87. The maximum absolute atomic E-state index is 11.7. The lowest BCUT2D eigenvalue weighted by Crippen LogP contribution is -2.32. The van der Waals surface area contributed by atoms with E-state index < -0.39 is 0 Å². The number of hydrogen-bond donors (Lipinski definition) is 2. The SMILES string of the molecule is C=CCC(C)NC(=O)c1ccc(N)cc1.Cl. The fourth-order valence-corrected chi connectivity index (χ4v) is 1.25. The minimum atomic E-state index is -0.0793. The zero-order valence-corrected chi connectivity index (χ0v) is 10.1. The highest BCUT2D eigenvalue weighted by molar-refractivity contribution is 5.94. The van der Waals surface area contributed by atoms with Crippen molar-refractivity contribution in [2.45, 2.75) is 19.4 Å². The van der Waals surface area contributed by atoms with Gasteiger partial charge in [0.05, 0.1) is 0 Å². The molecule has 3 N–H and O–H groups in total. The summed E-state index contributed by atoms with van der Waals surface area (Å²) >= 11 is 0. The molecule has 1 atom stereocenters. The Kier molecular flexibility index (Phi) is 6.27. The van der Waals surface area contributed by atoms with Crippen LogP contribution < -0.4 is 11.1 Å². The second-order valence-corrected chi connectivity index (χ2v) is 3.52. The van der Waals surface area contributed by atoms with E-state index in [4.69, 9.17) is 5.73 Å². The van der Waals surface area contributed by atoms with E-state index in [-0.39, 0.29) is 24.4 Å². The van der Waals surface area contributed by atoms with Crippen molar-refractivity contribution in [2.75, 3.05) is 5.73 Å². The van der Waals surface area contributed by atoms with Crippen LogP contribution in [0.1, 0.15) is 23.7 Å². The van der Waals surface area contributed by atoms with E-state index in [1.165, 1.54) is 0 Å². The smallest absolute Gasteiger partial charge is 0.251 e. The van der Waals surface area contributed by atoms with Gasteiger partial charge in [-0.1, -0.05) is 6.08 Å². The zero-order valence-electron chi connectivity index (χ0n) is 9.27. The molecule has 0 aliphatic carbocycles. The average Bonchev–Trinajstić information content (AvgIpc) is 2.18. The van der Waals surface area contributed by atoms with Gasteiger partial charge >= 0.3 is 0 Å². The van der Waals surface area contributed by atoms with Crippen molar-refractivity contribution in [3.8, 4) is 0 Å². The minimum absolute atomic E-state index is 0. The van der Waals surface area contributed by atoms with Crippen LogP contribution in [-0.4, -0.2) is 11.9 Å². The minimum Gasteiger partial charge on any atom is -0.399 e. The Labute approximate surface area is 102 Å². The van der Waals surface area contributed by atoms with E-state index in [2.05, 4.69) is 11.9 Å². The predicted octanol–water partition coefficient (Wildman–Crippen LogP) is 2.39. The molecule has 0 fully saturated rings. The molecule has 4 heteroatoms. The first-order valence-corrected chi connectivity index (χ1v) is 4.90. The van der Waals surface area contributed by atoms with Crippen molar-refractivity contribution >= 4 is 24.0 Å². The van der Waals surface area contributed by atoms with E-state index in [9.17, 15) is 4.79 Å². The summed E-state index contributed by atoms with van der Waals surface area (Å²) in [5.74, 6) is -0.0793. The number of nitrogens with two attached hydrogens (primary N) is 1. The molecule has 0 saturated heterocycles. The van der Waals surface area contributed by atoms with Gasteiger partial charge in [0.25, 0.3) is 5.91 Å². The number of nitrogen functional groups attached to an aromatic ring is 1. The number of benzene rings is 1. The van der Waals surface area contributed by atoms with Gasteiger partial charge in [0.15, 0.2) is 0 Å². The average molecular weight is 241 g/mol. The third kappa shape index (κ3) is 4.36. The number of anilines is 1. The Morgan fingerprint density at radius 2 is 2.06 bits per heavy atom. The molecular weight excluding hydrogens is 224 g/mol. The molecule has 0 aliphatic rings. The van der Waals surface area contributed by atoms with E-state index >= 15 is 0 Å². The molecule has 1 rings (SSSR count). The molecule has 0 spiro atoms. The van der Waals surface area contributed by atoms with E-state index in [0.717, 1.165) is 6.42 Å². The predicted molar refractivity (Wildman–Crippen MR) is 69.8 cm³/mol. The molecule has 1 unspecified atom stereocenters. The third-order valence-electron chi connectivity index (χ3n) is 2.07. The summed E-state index contributed by atoms with van der Waals surface area (Å²) in [5.41, 5.74) is 6.81. The summed E-state index contributed by atoms with van der Waals surface area (Å²) in [4.78, 5) is 11.7. The van der Waals surface area contributed by atoms with E-state index in [0.29, 0.717) is 11.3 Å². The quantitative estimate of drug-likeness (QED) is 0.627. The third-order valence-corrected chi connectivity index (χ3v) is 2.07. The molecule has 0 bridgehead atoms. The maximum atomic E-state index is 11.7. The fourth-order valence-electron chi connectivity index (χ4n) is 1.25. The van der Waals surface area contributed by atoms with Gasteiger partial charge in [-0.25, -0.2) is 0 Å². The maximum Gasteiger partial charge on any atom is 0.251 e. The van der Waals surface area contributed by atoms with Crippen LogP contribution in [0.4, 0.5) is 5.69 Å². The van der Waals surface area contributed by atoms with Crippen LogP contribution in [0.25, 0.3) is 0 Å². The highest BCUT2D eigenvalue weighted by atomic mass is 35.5. The fraction of sp³-hybridized carbons (Fsp3) is 0.250. The van der Waals surface area contributed by atoms with Gasteiger partial charge in [-0.15, -0.1) is 19.0 Å². The number of rotatable bonds is 4. The van der Waals surface area contributed by atoms with E-state index in [1.54, 1.807) is 30.3 Å². The first kappa shape index (κ1) is 14.5. The molecular formula is C12H17ClN2O. The second-order valence-electron chi connectivity index (χ2n) is 3.52. The van der Waals surface area contributed by atoms with Crippen molar-refractivity contribution < 1.29 is 4.79 Å². The Balaban J connectivity index is 0.00000225. The standard InChI is InChI=1S/C12H16N2O.ClH/c1-3-4-9(2)14-12(15)10-5-7-11(13)8-6-10;/h3,5-9H,1,4,13H2,2H3,(H,14,15);1H. The molecule has 0 radical (unpaired) electrons. The van der Waals surface area contributed by atoms with Crippen LogP contribution in [0.2, 0.25) is 0 Å². The van der Waals surface area contributed by atoms with Gasteiger partial charge in [-0.3, -0.25) is 4.79 Å². The van der Waals surface area contributed by atoms with Crippen LogP contribution in [0.15, 0.2) is 36.9 Å². The first-order chi connectivity index (χ1) is 7.13. The van der Waals surface area contributed by atoms with E-state index in [1.807, 2.05) is 6.92 Å². The van der Waals surface area contributed by atoms with Crippen LogP contribution >= 0.6 is 12.4 Å². The van der Waals surface area contributed by atoms with Gasteiger partial charge in [-0.05, 0) is 37.6 Å². The van der Waals surface area contributed by atoms with Crippen molar-refractivity contribution in [3.63, 3.8) is 0 Å². The largest absolute Gasteiger partial charge is 0.399 e. The van der Waals surface area contributed by atoms with Crippen LogP contribution in [0.5, 0.6) is 0 Å². The van der Waals surface area contributed by atoms with Crippen molar-refractivity contribution in [1.29, 1.82) is 0 Å². The first-order valence-electron chi connectivity index (χ1n) is 4.90. The lowest BCUT2D eigenvalue weighted by Gasteiger charge is -2.11.